The van der Waals surface area contributed by atoms with Crippen molar-refractivity contribution in [2.24, 2.45) is 46.3 Å². The third kappa shape index (κ3) is 4.13. The van der Waals surface area contributed by atoms with Crippen LogP contribution in [0.1, 0.15) is 98.3 Å². The Morgan fingerprint density at radius 3 is 2.35 bits per heavy atom. The Kier molecular flexibility index (Phi) is 6.62. The summed E-state index contributed by atoms with van der Waals surface area (Å²) in [6.07, 6.45) is 11.2. The minimum Gasteiger partial charge on any atom is -0.393 e. The third-order valence-electron chi connectivity index (χ3n) is 11.1. The molecule has 4 fully saturated rings. The maximum absolute atomic E-state index is 11.4. The van der Waals surface area contributed by atoms with Crippen LogP contribution in [0.15, 0.2) is 0 Å². The molecule has 0 spiro atoms. The van der Waals surface area contributed by atoms with Crippen LogP contribution in [-0.2, 0) is 0 Å². The van der Waals surface area contributed by atoms with Crippen molar-refractivity contribution in [1.29, 1.82) is 0 Å². The fourth-order valence-electron chi connectivity index (χ4n) is 9.26. The molecule has 0 aliphatic heterocycles. The molecule has 4 unspecified atom stereocenters. The molecular weight excluding hydrogens is 388 g/mol. The summed E-state index contributed by atoms with van der Waals surface area (Å²) in [6, 6.07) is 0. The van der Waals surface area contributed by atoms with Crippen molar-refractivity contribution in [1.82, 2.24) is 0 Å². The Morgan fingerprint density at radius 1 is 0.968 bits per heavy atom. The van der Waals surface area contributed by atoms with Gasteiger partial charge in [-0.1, -0.05) is 33.6 Å². The summed E-state index contributed by atoms with van der Waals surface area (Å²) in [5, 5.41) is 41.1. The van der Waals surface area contributed by atoms with Gasteiger partial charge in [-0.2, -0.15) is 0 Å². The molecule has 4 nitrogen and oxygen atoms in total. The van der Waals surface area contributed by atoms with Gasteiger partial charge in [0.15, 0.2) is 0 Å². The topological polar surface area (TPSA) is 80.9 Å². The molecule has 31 heavy (non-hydrogen) atoms. The molecule has 4 aliphatic rings. The summed E-state index contributed by atoms with van der Waals surface area (Å²) < 4.78 is 0. The van der Waals surface area contributed by atoms with E-state index in [9.17, 15) is 20.4 Å². The summed E-state index contributed by atoms with van der Waals surface area (Å²) in [5.41, 5.74) is -0.339. The van der Waals surface area contributed by atoms with Crippen molar-refractivity contribution in [3.8, 4) is 0 Å². The smallest absolute Gasteiger partial charge is 0.0849 e. The van der Waals surface area contributed by atoms with Crippen LogP contribution in [0.25, 0.3) is 0 Å². The molecule has 0 aromatic heterocycles. The van der Waals surface area contributed by atoms with E-state index in [2.05, 4.69) is 20.8 Å². The standard InChI is InChI=1S/C27H48O4/c1-17(6-5-11-25(2,31)16-28)20-7-8-21-24-22(10-13-27(20,21)4)26(3)12-9-19(29)14-18(26)15-23(24)30/h17-24,28-31H,5-16H2,1-4H3/t17-,18?,19?,20-,21+,22+,23?,24+,25?,26+,27-/m1/s1. The van der Waals surface area contributed by atoms with Crippen molar-refractivity contribution in [3.05, 3.63) is 0 Å². The molecule has 0 heterocycles. The molecule has 0 aromatic rings. The molecule has 180 valence electrons. The van der Waals surface area contributed by atoms with Gasteiger partial charge < -0.3 is 20.4 Å². The molecule has 0 bridgehead atoms. The lowest BCUT2D eigenvalue weighted by atomic mass is 9.43. The lowest BCUT2D eigenvalue weighted by molar-refractivity contribution is -0.174. The first-order valence-electron chi connectivity index (χ1n) is 13.2. The van der Waals surface area contributed by atoms with E-state index in [0.717, 1.165) is 38.5 Å². The van der Waals surface area contributed by atoms with E-state index in [-0.39, 0.29) is 18.8 Å². The van der Waals surface area contributed by atoms with Crippen molar-refractivity contribution < 1.29 is 20.4 Å². The summed E-state index contributed by atoms with van der Waals surface area (Å²) in [7, 11) is 0. The number of aliphatic hydroxyl groups excluding tert-OH is 3. The Bertz CT molecular complexity index is 635. The first-order valence-corrected chi connectivity index (χ1v) is 13.2. The second-order valence-corrected chi connectivity index (χ2v) is 13.0. The monoisotopic (exact) mass is 436 g/mol. The highest BCUT2D eigenvalue weighted by atomic mass is 16.3. The zero-order valence-corrected chi connectivity index (χ0v) is 20.4. The second-order valence-electron chi connectivity index (χ2n) is 13.0. The van der Waals surface area contributed by atoms with Crippen LogP contribution < -0.4 is 0 Å². The van der Waals surface area contributed by atoms with E-state index >= 15 is 0 Å². The van der Waals surface area contributed by atoms with Gasteiger partial charge in [0.1, 0.15) is 0 Å². The fraction of sp³-hybridized carbons (Fsp3) is 1.00. The largest absolute Gasteiger partial charge is 0.393 e. The van der Waals surface area contributed by atoms with E-state index in [1.54, 1.807) is 6.92 Å². The SMILES string of the molecule is C[C@H](CCCC(C)(O)CO)[C@H]1CC[C@H]2[C@@H]3C(O)CC4CC(O)CC[C@]4(C)[C@H]3CC[C@]12C. The normalized spacial score (nSPS) is 50.1. The van der Waals surface area contributed by atoms with Gasteiger partial charge in [-0.3, -0.25) is 0 Å². The average Bonchev–Trinajstić information content (AvgIpc) is 3.06. The maximum atomic E-state index is 11.4. The number of hydrogen-bond acceptors (Lipinski definition) is 4. The number of fused-ring (bicyclic) bond motifs is 5. The van der Waals surface area contributed by atoms with Gasteiger partial charge in [0.2, 0.25) is 0 Å². The van der Waals surface area contributed by atoms with Gasteiger partial charge in [-0.05, 0) is 111 Å². The Hall–Kier alpha value is -0.160. The fourth-order valence-corrected chi connectivity index (χ4v) is 9.26. The van der Waals surface area contributed by atoms with Gasteiger partial charge in [0.05, 0.1) is 24.4 Å². The highest BCUT2D eigenvalue weighted by molar-refractivity contribution is 5.11. The summed E-state index contributed by atoms with van der Waals surface area (Å²) in [5.74, 6) is 3.47. The Labute approximate surface area is 189 Å². The molecule has 4 rings (SSSR count). The predicted molar refractivity (Wildman–Crippen MR) is 123 cm³/mol. The zero-order valence-electron chi connectivity index (χ0n) is 20.4. The van der Waals surface area contributed by atoms with Crippen LogP contribution >= 0.6 is 0 Å². The molecule has 4 saturated carbocycles. The van der Waals surface area contributed by atoms with Crippen LogP contribution in [0.2, 0.25) is 0 Å². The molecular formula is C27H48O4. The summed E-state index contributed by atoms with van der Waals surface area (Å²) >= 11 is 0. The number of hydrogen-bond donors (Lipinski definition) is 4. The van der Waals surface area contributed by atoms with E-state index in [1.165, 1.54) is 25.7 Å². The van der Waals surface area contributed by atoms with E-state index in [0.29, 0.717) is 52.8 Å². The molecule has 0 aromatic carbocycles. The van der Waals surface area contributed by atoms with E-state index < -0.39 is 5.60 Å². The van der Waals surface area contributed by atoms with Gasteiger partial charge in [-0.25, -0.2) is 0 Å². The molecule has 4 aliphatic carbocycles. The predicted octanol–water partition coefficient (Wildman–Crippen LogP) is 4.53. The molecule has 0 amide bonds. The Balaban J connectivity index is 1.46. The summed E-state index contributed by atoms with van der Waals surface area (Å²) in [6.45, 7) is 8.97. The van der Waals surface area contributed by atoms with Crippen molar-refractivity contribution in [3.63, 3.8) is 0 Å². The first kappa shape index (κ1) is 24.0. The van der Waals surface area contributed by atoms with Crippen LogP contribution in [0.5, 0.6) is 0 Å². The minimum absolute atomic E-state index is 0.164. The zero-order chi connectivity index (χ0) is 22.6. The highest BCUT2D eigenvalue weighted by Crippen LogP contribution is 2.68. The van der Waals surface area contributed by atoms with Gasteiger partial charge in [0, 0.05) is 0 Å². The Morgan fingerprint density at radius 2 is 1.65 bits per heavy atom. The maximum Gasteiger partial charge on any atom is 0.0849 e. The third-order valence-corrected chi connectivity index (χ3v) is 11.1. The van der Waals surface area contributed by atoms with Gasteiger partial charge in [-0.15, -0.1) is 0 Å². The van der Waals surface area contributed by atoms with Crippen LogP contribution in [0, 0.1) is 46.3 Å². The van der Waals surface area contributed by atoms with E-state index in [4.69, 9.17) is 0 Å². The first-order chi connectivity index (χ1) is 14.5. The lowest BCUT2D eigenvalue weighted by Gasteiger charge is -2.62. The van der Waals surface area contributed by atoms with E-state index in [1.807, 2.05) is 0 Å². The average molecular weight is 437 g/mol. The van der Waals surface area contributed by atoms with Crippen molar-refractivity contribution >= 4 is 0 Å². The number of rotatable bonds is 6. The van der Waals surface area contributed by atoms with Gasteiger partial charge >= 0.3 is 0 Å². The molecule has 4 heteroatoms. The van der Waals surface area contributed by atoms with Crippen molar-refractivity contribution in [2.45, 2.75) is 116 Å². The van der Waals surface area contributed by atoms with Gasteiger partial charge in [0.25, 0.3) is 0 Å². The lowest BCUT2D eigenvalue weighted by Crippen LogP contribution is -2.58. The van der Waals surface area contributed by atoms with Crippen LogP contribution in [0.4, 0.5) is 0 Å². The quantitative estimate of drug-likeness (QED) is 0.493. The minimum atomic E-state index is -0.953. The molecule has 11 atom stereocenters. The summed E-state index contributed by atoms with van der Waals surface area (Å²) in [4.78, 5) is 0. The van der Waals surface area contributed by atoms with Crippen LogP contribution in [0.3, 0.4) is 0 Å². The highest BCUT2D eigenvalue weighted by Gasteiger charge is 2.62. The molecule has 4 N–H and O–H groups in total. The second kappa shape index (κ2) is 8.56. The van der Waals surface area contributed by atoms with Crippen LogP contribution in [-0.4, -0.2) is 44.8 Å². The number of aliphatic hydroxyl groups is 4. The molecule has 0 radical (unpaired) electrons. The molecule has 0 saturated heterocycles. The van der Waals surface area contributed by atoms with Crippen molar-refractivity contribution in [2.75, 3.05) is 6.61 Å².